The van der Waals surface area contributed by atoms with Gasteiger partial charge in [-0.05, 0) is 25.1 Å². The third-order valence-corrected chi connectivity index (χ3v) is 1.30. The molecule has 0 radical (unpaired) electrons. The van der Waals surface area contributed by atoms with E-state index in [9.17, 15) is 0 Å². The van der Waals surface area contributed by atoms with E-state index < -0.39 is 0 Å². The molecule has 0 fully saturated rings. The van der Waals surface area contributed by atoms with Crippen molar-refractivity contribution in [3.8, 4) is 0 Å². The molecule has 0 heterocycles. The maximum atomic E-state index is 4.95. The molecule has 0 aliphatic rings. The Bertz CT molecular complexity index is 102. The van der Waals surface area contributed by atoms with Crippen LogP contribution in [0.5, 0.6) is 0 Å². The van der Waals surface area contributed by atoms with Crippen molar-refractivity contribution in [2.24, 2.45) is 5.92 Å². The average molecular weight is 160 g/mol. The highest BCUT2D eigenvalue weighted by Gasteiger charge is 1.94. The Kier molecular flexibility index (Phi) is 5.30. The summed E-state index contributed by atoms with van der Waals surface area (Å²) < 4.78 is 0. The maximum absolute atomic E-state index is 4.95. The summed E-state index contributed by atoms with van der Waals surface area (Å²) >= 11 is 4.95. The van der Waals surface area contributed by atoms with Crippen molar-refractivity contribution in [1.82, 2.24) is 10.6 Å². The van der Waals surface area contributed by atoms with E-state index in [1.807, 2.05) is 6.92 Å². The molecule has 10 heavy (non-hydrogen) atoms. The maximum Gasteiger partial charge on any atom is 0.166 e. The van der Waals surface area contributed by atoms with Crippen LogP contribution in [-0.2, 0) is 0 Å². The lowest BCUT2D eigenvalue weighted by Gasteiger charge is -2.09. The third-order valence-electron chi connectivity index (χ3n) is 1.01. The number of nitrogens with one attached hydrogen (secondary N) is 2. The molecule has 0 aromatic heterocycles. The molecule has 0 amide bonds. The SMILES string of the molecule is CCNC(=S)NCC(C)C. The molecular weight excluding hydrogens is 144 g/mol. The molecule has 0 rings (SSSR count). The lowest BCUT2D eigenvalue weighted by Crippen LogP contribution is -2.36. The van der Waals surface area contributed by atoms with E-state index in [4.69, 9.17) is 12.2 Å². The highest BCUT2D eigenvalue weighted by molar-refractivity contribution is 7.80. The summed E-state index contributed by atoms with van der Waals surface area (Å²) in [6.45, 7) is 8.18. The first-order valence-electron chi connectivity index (χ1n) is 3.68. The minimum atomic E-state index is 0.650. The second-order valence-electron chi connectivity index (χ2n) is 2.63. The Balaban J connectivity index is 3.22. The Hall–Kier alpha value is -0.310. The molecular formula is C7H16N2S. The van der Waals surface area contributed by atoms with Crippen LogP contribution in [0.25, 0.3) is 0 Å². The van der Waals surface area contributed by atoms with Gasteiger partial charge in [-0.2, -0.15) is 0 Å². The molecule has 0 unspecified atom stereocenters. The van der Waals surface area contributed by atoms with Gasteiger partial charge in [-0.1, -0.05) is 13.8 Å². The molecule has 0 saturated carbocycles. The van der Waals surface area contributed by atoms with Gasteiger partial charge in [0.1, 0.15) is 0 Å². The largest absolute Gasteiger partial charge is 0.363 e. The van der Waals surface area contributed by atoms with Gasteiger partial charge >= 0.3 is 0 Å². The topological polar surface area (TPSA) is 24.1 Å². The molecule has 0 aromatic rings. The molecule has 0 aromatic carbocycles. The summed E-state index contributed by atoms with van der Waals surface area (Å²) in [6.07, 6.45) is 0. The highest BCUT2D eigenvalue weighted by atomic mass is 32.1. The summed E-state index contributed by atoms with van der Waals surface area (Å²) in [5, 5.41) is 6.88. The van der Waals surface area contributed by atoms with Gasteiger partial charge in [0.05, 0.1) is 0 Å². The summed E-state index contributed by atoms with van der Waals surface area (Å²) in [5.74, 6) is 0.650. The van der Waals surface area contributed by atoms with E-state index in [2.05, 4.69) is 24.5 Å². The molecule has 0 bridgehead atoms. The first-order chi connectivity index (χ1) is 4.66. The summed E-state index contributed by atoms with van der Waals surface area (Å²) in [7, 11) is 0. The lowest BCUT2D eigenvalue weighted by atomic mass is 10.2. The first-order valence-corrected chi connectivity index (χ1v) is 4.09. The van der Waals surface area contributed by atoms with Crippen LogP contribution in [0.15, 0.2) is 0 Å². The minimum Gasteiger partial charge on any atom is -0.363 e. The molecule has 2 N–H and O–H groups in total. The standard InChI is InChI=1S/C7H16N2S/c1-4-8-7(10)9-5-6(2)3/h6H,4-5H2,1-3H3,(H2,8,9,10). The van der Waals surface area contributed by atoms with Crippen LogP contribution in [0.4, 0.5) is 0 Å². The van der Waals surface area contributed by atoms with E-state index in [0.29, 0.717) is 5.92 Å². The van der Waals surface area contributed by atoms with Crippen molar-refractivity contribution in [2.75, 3.05) is 13.1 Å². The zero-order valence-electron chi connectivity index (χ0n) is 6.90. The first kappa shape index (κ1) is 9.69. The summed E-state index contributed by atoms with van der Waals surface area (Å²) in [5.41, 5.74) is 0. The number of hydrogen-bond acceptors (Lipinski definition) is 1. The second kappa shape index (κ2) is 5.47. The summed E-state index contributed by atoms with van der Waals surface area (Å²) in [6, 6.07) is 0. The monoisotopic (exact) mass is 160 g/mol. The van der Waals surface area contributed by atoms with Crippen molar-refractivity contribution in [3.63, 3.8) is 0 Å². The molecule has 60 valence electrons. The molecule has 0 spiro atoms. The smallest absolute Gasteiger partial charge is 0.166 e. The predicted molar refractivity (Wildman–Crippen MR) is 49.1 cm³/mol. The van der Waals surface area contributed by atoms with Crippen molar-refractivity contribution in [1.29, 1.82) is 0 Å². The Labute approximate surface area is 68.4 Å². The van der Waals surface area contributed by atoms with Gasteiger partial charge in [-0.3, -0.25) is 0 Å². The number of hydrogen-bond donors (Lipinski definition) is 2. The van der Waals surface area contributed by atoms with Crippen LogP contribution in [-0.4, -0.2) is 18.2 Å². The molecule has 0 saturated heterocycles. The van der Waals surface area contributed by atoms with E-state index in [0.717, 1.165) is 18.2 Å². The Morgan fingerprint density at radius 1 is 1.40 bits per heavy atom. The van der Waals surface area contributed by atoms with Crippen molar-refractivity contribution >= 4 is 17.3 Å². The van der Waals surface area contributed by atoms with Crippen molar-refractivity contribution < 1.29 is 0 Å². The van der Waals surface area contributed by atoms with Gasteiger partial charge in [0.2, 0.25) is 0 Å². The second-order valence-corrected chi connectivity index (χ2v) is 3.04. The van der Waals surface area contributed by atoms with Gasteiger partial charge in [-0.15, -0.1) is 0 Å². The van der Waals surface area contributed by atoms with Crippen LogP contribution < -0.4 is 10.6 Å². The third kappa shape index (κ3) is 5.82. The van der Waals surface area contributed by atoms with E-state index in [-0.39, 0.29) is 0 Å². The Morgan fingerprint density at radius 3 is 2.40 bits per heavy atom. The van der Waals surface area contributed by atoms with Crippen LogP contribution in [0.1, 0.15) is 20.8 Å². The van der Waals surface area contributed by atoms with Gasteiger partial charge < -0.3 is 10.6 Å². The quantitative estimate of drug-likeness (QED) is 0.605. The number of thiocarbonyl (C=S) groups is 1. The zero-order valence-corrected chi connectivity index (χ0v) is 7.72. The minimum absolute atomic E-state index is 0.650. The van der Waals surface area contributed by atoms with Gasteiger partial charge in [0.15, 0.2) is 5.11 Å². The highest BCUT2D eigenvalue weighted by Crippen LogP contribution is 1.86. The molecule has 0 aliphatic carbocycles. The normalized spacial score (nSPS) is 9.60. The molecule has 0 atom stereocenters. The Morgan fingerprint density at radius 2 is 2.00 bits per heavy atom. The predicted octanol–water partition coefficient (Wildman–Crippen LogP) is 1.13. The average Bonchev–Trinajstić information content (AvgIpc) is 1.85. The van der Waals surface area contributed by atoms with Crippen molar-refractivity contribution in [2.45, 2.75) is 20.8 Å². The van der Waals surface area contributed by atoms with Gasteiger partial charge in [-0.25, -0.2) is 0 Å². The van der Waals surface area contributed by atoms with E-state index >= 15 is 0 Å². The lowest BCUT2D eigenvalue weighted by molar-refractivity contribution is 0.620. The van der Waals surface area contributed by atoms with Crippen LogP contribution >= 0.6 is 12.2 Å². The fraction of sp³-hybridized carbons (Fsp3) is 0.857. The fourth-order valence-electron chi connectivity index (χ4n) is 0.520. The molecule has 3 heteroatoms. The van der Waals surface area contributed by atoms with Crippen LogP contribution in [0.3, 0.4) is 0 Å². The van der Waals surface area contributed by atoms with Crippen LogP contribution in [0, 0.1) is 5.92 Å². The summed E-state index contributed by atoms with van der Waals surface area (Å²) in [4.78, 5) is 0. The van der Waals surface area contributed by atoms with Gasteiger partial charge in [0, 0.05) is 13.1 Å². The van der Waals surface area contributed by atoms with Gasteiger partial charge in [0.25, 0.3) is 0 Å². The van der Waals surface area contributed by atoms with Crippen LogP contribution in [0.2, 0.25) is 0 Å². The molecule has 2 nitrogen and oxygen atoms in total. The van der Waals surface area contributed by atoms with E-state index in [1.165, 1.54) is 0 Å². The van der Waals surface area contributed by atoms with E-state index in [1.54, 1.807) is 0 Å². The fourth-order valence-corrected chi connectivity index (χ4v) is 0.748. The zero-order chi connectivity index (χ0) is 7.98. The molecule has 0 aliphatic heterocycles. The number of rotatable bonds is 3. The van der Waals surface area contributed by atoms with Crippen molar-refractivity contribution in [3.05, 3.63) is 0 Å².